The Morgan fingerprint density at radius 1 is 0.923 bits per heavy atom. The average Bonchev–Trinajstić information content (AvgIpc) is 2.11. The third-order valence-electron chi connectivity index (χ3n) is 1.85. The molecule has 0 heterocycles. The molecule has 1 atom stereocenters. The summed E-state index contributed by atoms with van der Waals surface area (Å²) >= 11 is 0. The largest absolute Gasteiger partial charge is 0.395 e. The highest BCUT2D eigenvalue weighted by molar-refractivity contribution is 4.66. The molecular formula is C7H17NO5. The Morgan fingerprint density at radius 2 is 1.46 bits per heavy atom. The van der Waals surface area contributed by atoms with Crippen molar-refractivity contribution in [1.29, 1.82) is 0 Å². The third kappa shape index (κ3) is 5.14. The molecule has 0 spiro atoms. The van der Waals surface area contributed by atoms with Crippen molar-refractivity contribution in [2.75, 3.05) is 20.1 Å². The zero-order valence-electron chi connectivity index (χ0n) is 7.37. The van der Waals surface area contributed by atoms with E-state index in [-0.39, 0.29) is 26.5 Å². The second kappa shape index (κ2) is 7.19. The van der Waals surface area contributed by atoms with Crippen LogP contribution in [0.4, 0.5) is 0 Å². The maximum absolute atomic E-state index is 8.84. The van der Waals surface area contributed by atoms with Crippen molar-refractivity contribution in [2.45, 2.75) is 25.2 Å². The van der Waals surface area contributed by atoms with Gasteiger partial charge in [0.25, 0.3) is 0 Å². The standard InChI is InChI=1S/C7H17NO5/c9-3-6(1-2-7(12)13)8(4-10)5-11/h6-7,9-13H,1-5H2. The Labute approximate surface area is 76.7 Å². The lowest BCUT2D eigenvalue weighted by molar-refractivity contribution is -0.0643. The monoisotopic (exact) mass is 195 g/mol. The van der Waals surface area contributed by atoms with Gasteiger partial charge >= 0.3 is 0 Å². The summed E-state index contributed by atoms with van der Waals surface area (Å²) in [4.78, 5) is 1.22. The van der Waals surface area contributed by atoms with Crippen LogP contribution in [0.15, 0.2) is 0 Å². The van der Waals surface area contributed by atoms with Gasteiger partial charge in [-0.2, -0.15) is 0 Å². The molecule has 0 aromatic carbocycles. The Balaban J connectivity index is 3.85. The Morgan fingerprint density at radius 3 is 1.77 bits per heavy atom. The molecule has 0 aliphatic heterocycles. The van der Waals surface area contributed by atoms with Crippen LogP contribution < -0.4 is 0 Å². The molecule has 5 N–H and O–H groups in total. The van der Waals surface area contributed by atoms with Gasteiger partial charge in [-0.25, -0.2) is 0 Å². The SMILES string of the molecule is OCC(CCC(O)O)N(CO)CO. The second-order valence-electron chi connectivity index (χ2n) is 2.77. The van der Waals surface area contributed by atoms with Gasteiger partial charge in [0.15, 0.2) is 6.29 Å². The van der Waals surface area contributed by atoms with Crippen LogP contribution in [-0.2, 0) is 0 Å². The van der Waals surface area contributed by atoms with Crippen LogP contribution in [0.25, 0.3) is 0 Å². The van der Waals surface area contributed by atoms with Crippen LogP contribution in [0.1, 0.15) is 12.8 Å². The van der Waals surface area contributed by atoms with Gasteiger partial charge < -0.3 is 25.5 Å². The van der Waals surface area contributed by atoms with E-state index in [4.69, 9.17) is 25.5 Å². The number of aliphatic hydroxyl groups is 5. The van der Waals surface area contributed by atoms with E-state index < -0.39 is 12.3 Å². The predicted molar refractivity (Wildman–Crippen MR) is 44.3 cm³/mol. The minimum atomic E-state index is -1.42. The van der Waals surface area contributed by atoms with Crippen molar-refractivity contribution >= 4 is 0 Å². The van der Waals surface area contributed by atoms with Gasteiger partial charge in [-0.1, -0.05) is 0 Å². The summed E-state index contributed by atoms with van der Waals surface area (Å²) < 4.78 is 0. The minimum Gasteiger partial charge on any atom is -0.395 e. The summed E-state index contributed by atoms with van der Waals surface area (Å²) in [5.41, 5.74) is 0. The maximum atomic E-state index is 8.84. The molecule has 80 valence electrons. The van der Waals surface area contributed by atoms with Crippen molar-refractivity contribution in [3.8, 4) is 0 Å². The fourth-order valence-electron chi connectivity index (χ4n) is 1.01. The lowest BCUT2D eigenvalue weighted by Crippen LogP contribution is -2.39. The Bertz CT molecular complexity index is 117. The first kappa shape index (κ1) is 12.8. The van der Waals surface area contributed by atoms with E-state index in [1.165, 1.54) is 4.90 Å². The molecule has 0 aliphatic carbocycles. The van der Waals surface area contributed by atoms with Crippen molar-refractivity contribution < 1.29 is 25.5 Å². The van der Waals surface area contributed by atoms with Crippen molar-refractivity contribution in [2.24, 2.45) is 0 Å². The van der Waals surface area contributed by atoms with Gasteiger partial charge in [0.05, 0.1) is 20.1 Å². The lowest BCUT2D eigenvalue weighted by atomic mass is 10.1. The number of aliphatic hydroxyl groups excluding tert-OH is 4. The van der Waals surface area contributed by atoms with Crippen LogP contribution >= 0.6 is 0 Å². The summed E-state index contributed by atoms with van der Waals surface area (Å²) in [5.74, 6) is 0. The summed E-state index contributed by atoms with van der Waals surface area (Å²) in [6.07, 6.45) is -1.02. The predicted octanol–water partition coefficient (Wildman–Crippen LogP) is -2.36. The van der Waals surface area contributed by atoms with Crippen LogP contribution in [0.5, 0.6) is 0 Å². The van der Waals surface area contributed by atoms with Crippen molar-refractivity contribution in [3.05, 3.63) is 0 Å². The van der Waals surface area contributed by atoms with E-state index in [2.05, 4.69) is 0 Å². The summed E-state index contributed by atoms with van der Waals surface area (Å²) in [6, 6.07) is -0.447. The fourth-order valence-corrected chi connectivity index (χ4v) is 1.01. The van der Waals surface area contributed by atoms with Gasteiger partial charge in [0.1, 0.15) is 0 Å². The zero-order chi connectivity index (χ0) is 10.3. The number of hydrogen-bond donors (Lipinski definition) is 5. The molecule has 0 aliphatic rings. The zero-order valence-corrected chi connectivity index (χ0v) is 7.37. The summed E-state index contributed by atoms with van der Waals surface area (Å²) in [5, 5.41) is 43.4. The highest BCUT2D eigenvalue weighted by Gasteiger charge is 2.16. The molecule has 0 aromatic rings. The van der Waals surface area contributed by atoms with Gasteiger partial charge in [0.2, 0.25) is 0 Å². The first-order valence-corrected chi connectivity index (χ1v) is 4.08. The fraction of sp³-hybridized carbons (Fsp3) is 1.00. The molecule has 0 amide bonds. The molecule has 0 saturated heterocycles. The topological polar surface area (TPSA) is 104 Å². The average molecular weight is 195 g/mol. The first-order valence-electron chi connectivity index (χ1n) is 4.08. The van der Waals surface area contributed by atoms with E-state index in [1.807, 2.05) is 0 Å². The van der Waals surface area contributed by atoms with Crippen molar-refractivity contribution in [3.63, 3.8) is 0 Å². The van der Waals surface area contributed by atoms with E-state index in [9.17, 15) is 0 Å². The molecule has 0 bridgehead atoms. The molecule has 0 saturated carbocycles. The minimum absolute atomic E-state index is 0.0989. The van der Waals surface area contributed by atoms with Crippen LogP contribution in [0.3, 0.4) is 0 Å². The molecule has 0 fully saturated rings. The van der Waals surface area contributed by atoms with E-state index in [1.54, 1.807) is 0 Å². The summed E-state index contributed by atoms with van der Waals surface area (Å²) in [6.45, 7) is -0.986. The molecular weight excluding hydrogens is 178 g/mol. The van der Waals surface area contributed by atoms with Crippen LogP contribution in [-0.4, -0.2) is 62.8 Å². The van der Waals surface area contributed by atoms with Gasteiger partial charge in [0, 0.05) is 6.04 Å². The maximum Gasteiger partial charge on any atom is 0.151 e. The quantitative estimate of drug-likeness (QED) is 0.291. The molecule has 0 aromatic heterocycles. The molecule has 6 nitrogen and oxygen atoms in total. The van der Waals surface area contributed by atoms with Gasteiger partial charge in [-0.15, -0.1) is 0 Å². The third-order valence-corrected chi connectivity index (χ3v) is 1.85. The summed E-state index contributed by atoms with van der Waals surface area (Å²) in [7, 11) is 0. The van der Waals surface area contributed by atoms with E-state index >= 15 is 0 Å². The molecule has 0 rings (SSSR count). The number of hydrogen-bond acceptors (Lipinski definition) is 6. The van der Waals surface area contributed by atoms with E-state index in [0.717, 1.165) is 0 Å². The second-order valence-corrected chi connectivity index (χ2v) is 2.77. The van der Waals surface area contributed by atoms with Crippen molar-refractivity contribution in [1.82, 2.24) is 4.90 Å². The lowest BCUT2D eigenvalue weighted by Gasteiger charge is -2.26. The highest BCUT2D eigenvalue weighted by atomic mass is 16.5. The van der Waals surface area contributed by atoms with Gasteiger partial charge in [-0.05, 0) is 12.8 Å². The number of nitrogens with zero attached hydrogens (tertiary/aromatic N) is 1. The first-order chi connectivity index (χ1) is 6.15. The smallest absolute Gasteiger partial charge is 0.151 e. The molecule has 6 heteroatoms. The molecule has 13 heavy (non-hydrogen) atoms. The highest BCUT2D eigenvalue weighted by Crippen LogP contribution is 2.06. The van der Waals surface area contributed by atoms with Gasteiger partial charge in [-0.3, -0.25) is 4.90 Å². The van der Waals surface area contributed by atoms with E-state index in [0.29, 0.717) is 6.42 Å². The Hall–Kier alpha value is -0.240. The van der Waals surface area contributed by atoms with Crippen LogP contribution in [0, 0.1) is 0 Å². The molecule has 1 unspecified atom stereocenters. The van der Waals surface area contributed by atoms with Crippen LogP contribution in [0.2, 0.25) is 0 Å². The molecule has 0 radical (unpaired) electrons. The normalized spacial score (nSPS) is 14.1. The number of rotatable bonds is 7. The Kier molecular flexibility index (Phi) is 7.06.